The van der Waals surface area contributed by atoms with Crippen LogP contribution < -0.4 is 26.0 Å². The topological polar surface area (TPSA) is 187 Å². The Bertz CT molecular complexity index is 1190. The van der Waals surface area contributed by atoms with Gasteiger partial charge in [-0.05, 0) is 78.5 Å². The fraction of sp³-hybridized carbons (Fsp3) is 0.613. The van der Waals surface area contributed by atoms with Gasteiger partial charge in [-0.3, -0.25) is 14.4 Å². The van der Waals surface area contributed by atoms with Crippen molar-refractivity contribution >= 4 is 35.9 Å². The van der Waals surface area contributed by atoms with Crippen molar-refractivity contribution < 1.29 is 47.7 Å². The maximum Gasteiger partial charge on any atom is 0.514 e. The molecule has 4 amide bonds. The van der Waals surface area contributed by atoms with Crippen LogP contribution in [0.4, 0.5) is 9.59 Å². The number of benzene rings is 1. The van der Waals surface area contributed by atoms with Crippen molar-refractivity contribution in [3.63, 3.8) is 0 Å². The first-order valence-corrected chi connectivity index (χ1v) is 14.6. The minimum absolute atomic E-state index is 0.000688. The molecule has 3 atom stereocenters. The van der Waals surface area contributed by atoms with Crippen LogP contribution in [0.15, 0.2) is 24.3 Å². The first kappa shape index (κ1) is 38.7. The molecule has 0 saturated heterocycles. The lowest BCUT2D eigenvalue weighted by Crippen LogP contribution is -2.55. The van der Waals surface area contributed by atoms with Gasteiger partial charge in [-0.1, -0.05) is 26.0 Å². The number of amides is 4. The molecule has 0 fully saturated rings. The van der Waals surface area contributed by atoms with E-state index < -0.39 is 71.8 Å². The maximum absolute atomic E-state index is 13.2. The Kier molecular flexibility index (Phi) is 14.8. The number of esters is 1. The number of hydrogen-bond donors (Lipinski definition) is 4. The Balaban J connectivity index is 2.90. The molecule has 3 unspecified atom stereocenters. The zero-order valence-electron chi connectivity index (χ0n) is 27.8. The highest BCUT2D eigenvalue weighted by atomic mass is 16.7. The lowest BCUT2D eigenvalue weighted by molar-refractivity contribution is -0.145. The molecule has 252 valence electrons. The average Bonchev–Trinajstić information content (AvgIpc) is 2.89. The van der Waals surface area contributed by atoms with Crippen molar-refractivity contribution in [1.82, 2.24) is 21.3 Å². The quantitative estimate of drug-likeness (QED) is 0.142. The van der Waals surface area contributed by atoms with Gasteiger partial charge in [0, 0.05) is 6.42 Å². The fourth-order valence-electron chi connectivity index (χ4n) is 3.73. The minimum atomic E-state index is -1.16. The van der Waals surface area contributed by atoms with Crippen LogP contribution in [0.25, 0.3) is 0 Å². The van der Waals surface area contributed by atoms with Crippen molar-refractivity contribution in [3.8, 4) is 5.75 Å². The van der Waals surface area contributed by atoms with Crippen LogP contribution in [-0.2, 0) is 39.8 Å². The Labute approximate surface area is 264 Å². The van der Waals surface area contributed by atoms with Crippen LogP contribution in [0, 0.1) is 5.92 Å². The molecule has 0 spiro atoms. The molecule has 1 rings (SSSR count). The first-order chi connectivity index (χ1) is 20.7. The third-order valence-electron chi connectivity index (χ3n) is 5.66. The molecule has 0 heterocycles. The highest BCUT2D eigenvalue weighted by Crippen LogP contribution is 2.17. The fourth-order valence-corrected chi connectivity index (χ4v) is 3.73. The molecule has 0 aliphatic rings. The number of rotatable bonds is 13. The molecule has 0 bridgehead atoms. The SMILES string of the molecule is COC(=O)C(CC(C)C)NC(=O)CNC(=O)C(C)NC(=O)C(Cc1ccc(OC(=O)OC(C)(C)C)cc1)NC(=O)OC(C)(C)C. The Morgan fingerprint density at radius 2 is 1.33 bits per heavy atom. The molecular formula is C31H48N4O10. The van der Waals surface area contributed by atoms with Crippen LogP contribution in [-0.4, -0.2) is 78.9 Å². The van der Waals surface area contributed by atoms with Gasteiger partial charge in [0.2, 0.25) is 17.7 Å². The van der Waals surface area contributed by atoms with Crippen LogP contribution in [0.1, 0.15) is 74.3 Å². The number of hydrogen-bond acceptors (Lipinski definition) is 10. The molecule has 45 heavy (non-hydrogen) atoms. The van der Waals surface area contributed by atoms with E-state index in [0.29, 0.717) is 12.0 Å². The molecule has 0 aliphatic carbocycles. The van der Waals surface area contributed by atoms with E-state index in [9.17, 15) is 28.8 Å². The monoisotopic (exact) mass is 636 g/mol. The summed E-state index contributed by atoms with van der Waals surface area (Å²) in [7, 11) is 1.22. The smallest absolute Gasteiger partial charge is 0.467 e. The van der Waals surface area contributed by atoms with Gasteiger partial charge in [0.25, 0.3) is 0 Å². The van der Waals surface area contributed by atoms with Gasteiger partial charge in [-0.15, -0.1) is 0 Å². The summed E-state index contributed by atoms with van der Waals surface area (Å²) in [4.78, 5) is 74.7. The zero-order valence-corrected chi connectivity index (χ0v) is 27.8. The van der Waals surface area contributed by atoms with E-state index in [1.54, 1.807) is 53.7 Å². The van der Waals surface area contributed by atoms with Crippen molar-refractivity contribution in [2.75, 3.05) is 13.7 Å². The number of ether oxygens (including phenoxy) is 4. The van der Waals surface area contributed by atoms with Gasteiger partial charge in [-0.2, -0.15) is 0 Å². The van der Waals surface area contributed by atoms with Gasteiger partial charge >= 0.3 is 18.2 Å². The average molecular weight is 637 g/mol. The van der Waals surface area contributed by atoms with E-state index in [0.717, 1.165) is 0 Å². The molecule has 14 nitrogen and oxygen atoms in total. The van der Waals surface area contributed by atoms with Gasteiger partial charge in [0.15, 0.2) is 0 Å². The zero-order chi connectivity index (χ0) is 34.5. The third kappa shape index (κ3) is 16.3. The molecule has 0 aromatic heterocycles. The predicted molar refractivity (Wildman–Crippen MR) is 164 cm³/mol. The Hall–Kier alpha value is -4.36. The summed E-state index contributed by atoms with van der Waals surface area (Å²) in [6.45, 7) is 14.9. The molecule has 0 radical (unpaired) electrons. The summed E-state index contributed by atoms with van der Waals surface area (Å²) in [6.07, 6.45) is -1.37. The second kappa shape index (κ2) is 17.2. The maximum atomic E-state index is 13.2. The standard InChI is InChI=1S/C31H48N4O10/c1-18(2)15-23(27(39)42-10)34-24(36)17-32-25(37)19(3)33-26(38)22(35-28(40)44-30(4,5)6)16-20-11-13-21(14-12-20)43-29(41)45-31(7,8)9/h11-14,18-19,22-23H,15-17H2,1-10H3,(H,32,37)(H,33,38)(H,34,36)(H,35,40). The van der Waals surface area contributed by atoms with Crippen LogP contribution >= 0.6 is 0 Å². The van der Waals surface area contributed by atoms with E-state index in [1.807, 2.05) is 13.8 Å². The summed E-state index contributed by atoms with van der Waals surface area (Å²) >= 11 is 0. The van der Waals surface area contributed by atoms with E-state index in [4.69, 9.17) is 18.9 Å². The predicted octanol–water partition coefficient (Wildman–Crippen LogP) is 2.76. The van der Waals surface area contributed by atoms with Gasteiger partial charge in [-0.25, -0.2) is 14.4 Å². The number of methoxy groups -OCH3 is 1. The molecule has 4 N–H and O–H groups in total. The molecule has 1 aromatic carbocycles. The third-order valence-corrected chi connectivity index (χ3v) is 5.66. The summed E-state index contributed by atoms with van der Waals surface area (Å²) in [5, 5.41) is 10.0. The van der Waals surface area contributed by atoms with Crippen molar-refractivity contribution in [3.05, 3.63) is 29.8 Å². The Morgan fingerprint density at radius 3 is 1.84 bits per heavy atom. The lowest BCUT2D eigenvalue weighted by Gasteiger charge is -2.24. The number of carbonyl (C=O) groups is 6. The highest BCUT2D eigenvalue weighted by Gasteiger charge is 2.28. The second-order valence-corrected chi connectivity index (χ2v) is 12.8. The van der Waals surface area contributed by atoms with E-state index >= 15 is 0 Å². The van der Waals surface area contributed by atoms with Gasteiger partial charge in [0.1, 0.15) is 35.1 Å². The largest absolute Gasteiger partial charge is 0.514 e. The summed E-state index contributed by atoms with van der Waals surface area (Å²) in [5.74, 6) is -2.25. The molecule has 0 aliphatic heterocycles. The van der Waals surface area contributed by atoms with E-state index in [-0.39, 0.29) is 18.1 Å². The summed E-state index contributed by atoms with van der Waals surface area (Å²) < 4.78 is 20.3. The minimum Gasteiger partial charge on any atom is -0.467 e. The van der Waals surface area contributed by atoms with Crippen LogP contribution in [0.5, 0.6) is 5.75 Å². The van der Waals surface area contributed by atoms with E-state index in [2.05, 4.69) is 21.3 Å². The van der Waals surface area contributed by atoms with Crippen molar-refractivity contribution in [1.29, 1.82) is 0 Å². The number of alkyl carbamates (subject to hydrolysis) is 1. The van der Waals surface area contributed by atoms with E-state index in [1.165, 1.54) is 26.2 Å². The van der Waals surface area contributed by atoms with Gasteiger partial charge in [0.05, 0.1) is 13.7 Å². The van der Waals surface area contributed by atoms with Crippen LogP contribution in [0.3, 0.4) is 0 Å². The summed E-state index contributed by atoms with van der Waals surface area (Å²) in [5.41, 5.74) is -0.966. The molecular weight excluding hydrogens is 588 g/mol. The normalized spacial score (nSPS) is 13.4. The van der Waals surface area contributed by atoms with Crippen molar-refractivity contribution in [2.24, 2.45) is 5.92 Å². The van der Waals surface area contributed by atoms with Crippen LogP contribution in [0.2, 0.25) is 0 Å². The summed E-state index contributed by atoms with van der Waals surface area (Å²) in [6, 6.07) is 3.11. The number of nitrogens with one attached hydrogen (secondary N) is 4. The molecule has 14 heteroatoms. The highest BCUT2D eigenvalue weighted by molar-refractivity contribution is 5.93. The number of carbonyl (C=O) groups excluding carboxylic acids is 6. The lowest BCUT2D eigenvalue weighted by atomic mass is 10.0. The molecule has 0 saturated carbocycles. The first-order valence-electron chi connectivity index (χ1n) is 14.6. The van der Waals surface area contributed by atoms with Gasteiger partial charge < -0.3 is 40.2 Å². The Morgan fingerprint density at radius 1 is 0.756 bits per heavy atom. The second-order valence-electron chi connectivity index (χ2n) is 12.8. The molecule has 1 aromatic rings. The van der Waals surface area contributed by atoms with Crippen molar-refractivity contribution in [2.45, 2.75) is 104 Å².